The molecule has 0 unspecified atom stereocenters. The Kier molecular flexibility index (Phi) is 19.1. The minimum absolute atomic E-state index is 0.00770. The van der Waals surface area contributed by atoms with Crippen LogP contribution >= 0.6 is 0 Å². The van der Waals surface area contributed by atoms with Crippen LogP contribution in [-0.4, -0.2) is 93.7 Å². The van der Waals surface area contributed by atoms with Gasteiger partial charge < -0.3 is 47.7 Å². The van der Waals surface area contributed by atoms with E-state index in [9.17, 15) is 26.7 Å². The number of aliphatic hydroxyl groups is 1. The van der Waals surface area contributed by atoms with Gasteiger partial charge in [0.25, 0.3) is 0 Å². The first kappa shape index (κ1) is 52.9. The van der Waals surface area contributed by atoms with Crippen molar-refractivity contribution in [2.75, 3.05) is 13.2 Å². The van der Waals surface area contributed by atoms with Gasteiger partial charge >= 0.3 is 15.6 Å². The number of hydrogen-bond donors (Lipinski definition) is 1. The summed E-state index contributed by atoms with van der Waals surface area (Å²) in [6.45, 7) is -1.35. The van der Waals surface area contributed by atoms with E-state index >= 15 is 0 Å². The lowest BCUT2D eigenvalue weighted by Crippen LogP contribution is -2.63. The van der Waals surface area contributed by atoms with Gasteiger partial charge in [0.2, 0.25) is 0 Å². The van der Waals surface area contributed by atoms with Crippen LogP contribution in [0.5, 0.6) is 0 Å². The lowest BCUT2D eigenvalue weighted by molar-refractivity contribution is -0.348. The van der Waals surface area contributed by atoms with Crippen LogP contribution in [0.1, 0.15) is 33.4 Å². The summed E-state index contributed by atoms with van der Waals surface area (Å²) in [5, 5.41) is 11.9. The molecule has 6 aromatic rings. The average molecular weight is 1020 g/mol. The summed E-state index contributed by atoms with van der Waals surface area (Å²) in [7, 11) is -6.11. The molecule has 8 rings (SSSR count). The summed E-state index contributed by atoms with van der Waals surface area (Å²) in [4.78, 5) is 0. The van der Waals surface area contributed by atoms with Crippen LogP contribution in [0.15, 0.2) is 182 Å². The van der Waals surface area contributed by atoms with Crippen LogP contribution in [0.4, 0.5) is 13.2 Å². The molecule has 72 heavy (non-hydrogen) atoms. The second-order valence-corrected chi connectivity index (χ2v) is 18.8. The van der Waals surface area contributed by atoms with E-state index in [1.54, 1.807) is 24.3 Å². The van der Waals surface area contributed by atoms with Gasteiger partial charge in [-0.2, -0.15) is 21.6 Å². The zero-order valence-corrected chi connectivity index (χ0v) is 40.0. The molecule has 17 heteroatoms. The molecule has 2 fully saturated rings. The molecule has 10 atom stereocenters. The second kappa shape index (κ2) is 26.0. The third kappa shape index (κ3) is 14.9. The standard InChI is InChI=1S/C55H57F3O13S/c56-55(57,58)72(60,61)69-38-46-48(63-32-40-21-9-2-10-22-40)50(65-34-42-25-13-4-14-26-42)52(67-36-44-29-17-6-18-30-44)54(71-46)68-37-45-47(62-31-39-19-7-1-8-20-39)49(64-33-41-23-11-3-12-24-41)51(53(59)70-45)66-35-43-27-15-5-16-28-43/h1-30,45-54,59H,31-38H2/t45-,46-,47-,48-,49+,50+,51-,52-,53+,54+/m1/s1. The summed E-state index contributed by atoms with van der Waals surface area (Å²) < 4.78 is 130. The van der Waals surface area contributed by atoms with Crippen LogP contribution < -0.4 is 0 Å². The van der Waals surface area contributed by atoms with Crippen LogP contribution in [0.3, 0.4) is 0 Å². The number of alkyl halides is 3. The van der Waals surface area contributed by atoms with E-state index in [1.807, 2.05) is 158 Å². The van der Waals surface area contributed by atoms with Gasteiger partial charge in [-0.1, -0.05) is 182 Å². The molecule has 0 radical (unpaired) electrons. The van der Waals surface area contributed by atoms with Gasteiger partial charge in [-0.05, 0) is 33.4 Å². The fourth-order valence-electron chi connectivity index (χ4n) is 8.33. The van der Waals surface area contributed by atoms with Crippen LogP contribution in [-0.2, 0) is 96.6 Å². The van der Waals surface area contributed by atoms with Crippen LogP contribution in [0, 0.1) is 0 Å². The van der Waals surface area contributed by atoms with E-state index < -0.39 is 90.3 Å². The smallest absolute Gasteiger partial charge is 0.368 e. The fourth-order valence-corrected chi connectivity index (χ4v) is 8.77. The highest BCUT2D eigenvalue weighted by molar-refractivity contribution is 7.87. The molecule has 2 heterocycles. The number of halogens is 3. The molecule has 0 aliphatic carbocycles. The topological polar surface area (TPSA) is 147 Å². The molecule has 13 nitrogen and oxygen atoms in total. The van der Waals surface area contributed by atoms with Gasteiger partial charge in [0.1, 0.15) is 48.8 Å². The molecule has 0 spiro atoms. The molecule has 2 aliphatic rings. The summed E-state index contributed by atoms with van der Waals surface area (Å²) in [5.74, 6) is 0. The van der Waals surface area contributed by atoms with Crippen molar-refractivity contribution in [2.45, 2.75) is 107 Å². The summed E-state index contributed by atoms with van der Waals surface area (Å²) in [5.41, 5.74) is -1.03. The first-order valence-corrected chi connectivity index (χ1v) is 24.9. The summed E-state index contributed by atoms with van der Waals surface area (Å²) in [6, 6.07) is 55.6. The number of hydrogen-bond acceptors (Lipinski definition) is 13. The first-order valence-electron chi connectivity index (χ1n) is 23.5. The molecule has 2 aliphatic heterocycles. The molecule has 382 valence electrons. The second-order valence-electron chi connectivity index (χ2n) is 17.2. The Bertz CT molecular complexity index is 2590. The van der Waals surface area contributed by atoms with Crippen molar-refractivity contribution >= 4 is 10.1 Å². The third-order valence-corrected chi connectivity index (χ3v) is 13.0. The normalized spacial score (nSPS) is 24.7. The molecule has 1 N–H and O–H groups in total. The zero-order valence-electron chi connectivity index (χ0n) is 39.1. The molecular weight excluding hydrogens is 958 g/mol. The Balaban J connectivity index is 1.14. The van der Waals surface area contributed by atoms with Gasteiger partial charge in [0.05, 0.1) is 52.9 Å². The van der Waals surface area contributed by atoms with Gasteiger partial charge in [0, 0.05) is 0 Å². The van der Waals surface area contributed by atoms with Crippen LogP contribution in [0.2, 0.25) is 0 Å². The minimum Gasteiger partial charge on any atom is -0.368 e. The highest BCUT2D eigenvalue weighted by atomic mass is 32.2. The number of aliphatic hydroxyl groups excluding tert-OH is 1. The monoisotopic (exact) mass is 1010 g/mol. The molecule has 0 aromatic heterocycles. The van der Waals surface area contributed by atoms with Gasteiger partial charge in [-0.25, -0.2) is 0 Å². The van der Waals surface area contributed by atoms with E-state index in [0.29, 0.717) is 5.56 Å². The van der Waals surface area contributed by atoms with E-state index in [0.717, 1.165) is 27.8 Å². The predicted octanol–water partition coefficient (Wildman–Crippen LogP) is 8.82. The van der Waals surface area contributed by atoms with Crippen molar-refractivity contribution in [1.82, 2.24) is 0 Å². The van der Waals surface area contributed by atoms with E-state index in [4.69, 9.17) is 42.6 Å². The Morgan fingerprint density at radius 3 is 1.03 bits per heavy atom. The SMILES string of the molecule is O=S(=O)(OC[C@H]1O[C@H](OC[C@H]2O[C@H](O)[C@H](OCc3ccccc3)[C@@H](OCc3ccccc3)[C@@H]2OCc2ccccc2)[C@H](OCc2ccccc2)[C@@H](OCc2ccccc2)[C@@H]1OCc1ccccc1)C(F)(F)F. The van der Waals surface area contributed by atoms with Crippen molar-refractivity contribution in [3.8, 4) is 0 Å². The molecular formula is C55H57F3O13S. The van der Waals surface area contributed by atoms with Crippen molar-refractivity contribution in [1.29, 1.82) is 0 Å². The summed E-state index contributed by atoms with van der Waals surface area (Å²) >= 11 is 0. The Morgan fingerprint density at radius 2 is 0.681 bits per heavy atom. The van der Waals surface area contributed by atoms with Crippen molar-refractivity contribution < 1.29 is 73.5 Å². The van der Waals surface area contributed by atoms with E-state index in [2.05, 4.69) is 4.18 Å². The number of benzene rings is 6. The number of ether oxygens (including phenoxy) is 9. The first-order chi connectivity index (χ1) is 35.0. The Morgan fingerprint density at radius 1 is 0.389 bits per heavy atom. The number of rotatable bonds is 24. The highest BCUT2D eigenvalue weighted by Crippen LogP contribution is 2.35. The molecule has 2 saturated heterocycles. The van der Waals surface area contributed by atoms with E-state index in [-0.39, 0.29) is 39.6 Å². The maximum absolute atomic E-state index is 13.8. The minimum atomic E-state index is -6.11. The van der Waals surface area contributed by atoms with Crippen LogP contribution in [0.25, 0.3) is 0 Å². The maximum atomic E-state index is 13.8. The summed E-state index contributed by atoms with van der Waals surface area (Å²) in [6.07, 6.45) is -12.5. The largest absolute Gasteiger partial charge is 0.523 e. The Hall–Kier alpha value is -5.38. The highest BCUT2D eigenvalue weighted by Gasteiger charge is 2.54. The quantitative estimate of drug-likeness (QED) is 0.0456. The maximum Gasteiger partial charge on any atom is 0.523 e. The fraction of sp³-hybridized carbons (Fsp3) is 0.345. The molecule has 6 aromatic carbocycles. The molecule has 0 saturated carbocycles. The Labute approximate surface area is 417 Å². The van der Waals surface area contributed by atoms with Gasteiger partial charge in [0.15, 0.2) is 12.6 Å². The lowest BCUT2D eigenvalue weighted by Gasteiger charge is -2.47. The molecule has 0 amide bonds. The van der Waals surface area contributed by atoms with Crippen molar-refractivity contribution in [2.24, 2.45) is 0 Å². The van der Waals surface area contributed by atoms with Gasteiger partial charge in [-0.15, -0.1) is 0 Å². The zero-order chi connectivity index (χ0) is 50.2. The third-order valence-electron chi connectivity index (χ3n) is 12.0. The average Bonchev–Trinajstić information content (AvgIpc) is 3.40. The van der Waals surface area contributed by atoms with Crippen molar-refractivity contribution in [3.05, 3.63) is 215 Å². The van der Waals surface area contributed by atoms with E-state index in [1.165, 1.54) is 0 Å². The van der Waals surface area contributed by atoms with Crippen molar-refractivity contribution in [3.63, 3.8) is 0 Å². The predicted molar refractivity (Wildman–Crippen MR) is 257 cm³/mol. The lowest BCUT2D eigenvalue weighted by atomic mass is 9.97. The van der Waals surface area contributed by atoms with Gasteiger partial charge in [-0.3, -0.25) is 4.18 Å². The molecule has 0 bridgehead atoms.